The average molecular weight is 296 g/mol. The van der Waals surface area contributed by atoms with Crippen molar-refractivity contribution in [3.63, 3.8) is 0 Å². The second-order valence-corrected chi connectivity index (χ2v) is 5.15. The molecule has 1 aromatic heterocycles. The maximum atomic E-state index is 6.11. The van der Waals surface area contributed by atoms with Crippen molar-refractivity contribution in [2.45, 2.75) is 6.92 Å². The smallest absolute Gasteiger partial charge is 0.163 e. The fraction of sp³-hybridized carbons (Fsp3) is 0.0588. The van der Waals surface area contributed by atoms with Crippen LogP contribution in [0.1, 0.15) is 5.56 Å². The fourth-order valence-corrected chi connectivity index (χ4v) is 2.25. The molecule has 0 unspecified atom stereocenters. The highest BCUT2D eigenvalue weighted by molar-refractivity contribution is 6.29. The first-order valence-corrected chi connectivity index (χ1v) is 7.02. The minimum atomic E-state index is 0.416. The lowest BCUT2D eigenvalue weighted by Crippen LogP contribution is -1.97. The molecule has 1 N–H and O–H groups in total. The van der Waals surface area contributed by atoms with Crippen molar-refractivity contribution >= 4 is 23.1 Å². The minimum Gasteiger partial charge on any atom is -0.340 e. The maximum Gasteiger partial charge on any atom is 0.163 e. The van der Waals surface area contributed by atoms with E-state index < -0.39 is 0 Å². The van der Waals surface area contributed by atoms with Crippen molar-refractivity contribution in [2.24, 2.45) is 0 Å². The monoisotopic (exact) mass is 295 g/mol. The van der Waals surface area contributed by atoms with Gasteiger partial charge in [-0.1, -0.05) is 54.1 Å². The molecule has 0 atom stereocenters. The van der Waals surface area contributed by atoms with Crippen LogP contribution in [0.25, 0.3) is 11.4 Å². The van der Waals surface area contributed by atoms with Gasteiger partial charge in [0, 0.05) is 17.3 Å². The predicted octanol–water partition coefficient (Wildman–Crippen LogP) is 4.85. The third-order valence-electron chi connectivity index (χ3n) is 3.02. The molecule has 0 spiro atoms. The molecule has 4 heteroatoms. The Kier molecular flexibility index (Phi) is 3.84. The number of anilines is 2. The lowest BCUT2D eigenvalue weighted by Gasteiger charge is -2.08. The summed E-state index contributed by atoms with van der Waals surface area (Å²) >= 11 is 6.11. The van der Waals surface area contributed by atoms with Crippen LogP contribution in [-0.4, -0.2) is 9.97 Å². The molecule has 0 fully saturated rings. The highest BCUT2D eigenvalue weighted by atomic mass is 35.5. The lowest BCUT2D eigenvalue weighted by molar-refractivity contribution is 1.17. The molecular weight excluding hydrogens is 282 g/mol. The minimum absolute atomic E-state index is 0.416. The van der Waals surface area contributed by atoms with Gasteiger partial charge in [0.1, 0.15) is 11.0 Å². The molecule has 21 heavy (non-hydrogen) atoms. The summed E-state index contributed by atoms with van der Waals surface area (Å²) in [4.78, 5) is 8.80. The average Bonchev–Trinajstić information content (AvgIpc) is 2.47. The van der Waals surface area contributed by atoms with E-state index in [0.29, 0.717) is 16.8 Å². The number of aryl methyl sites for hydroxylation is 1. The first-order valence-electron chi connectivity index (χ1n) is 6.64. The van der Waals surface area contributed by atoms with E-state index in [-0.39, 0.29) is 0 Å². The molecule has 0 bridgehead atoms. The summed E-state index contributed by atoms with van der Waals surface area (Å²) in [6.45, 7) is 2.05. The zero-order valence-electron chi connectivity index (χ0n) is 11.5. The quantitative estimate of drug-likeness (QED) is 0.702. The number of aromatic nitrogens is 2. The predicted molar refractivity (Wildman–Crippen MR) is 86.9 cm³/mol. The number of halogens is 1. The second kappa shape index (κ2) is 5.94. The summed E-state index contributed by atoms with van der Waals surface area (Å²) in [5, 5.41) is 3.68. The maximum absolute atomic E-state index is 6.11. The van der Waals surface area contributed by atoms with Crippen molar-refractivity contribution < 1.29 is 0 Å². The van der Waals surface area contributed by atoms with Crippen molar-refractivity contribution in [2.75, 3.05) is 5.32 Å². The van der Waals surface area contributed by atoms with Crippen LogP contribution in [0.5, 0.6) is 0 Å². The Morgan fingerprint density at radius 2 is 1.71 bits per heavy atom. The molecule has 3 rings (SSSR count). The summed E-state index contributed by atoms with van der Waals surface area (Å²) in [5.41, 5.74) is 3.10. The first-order chi connectivity index (χ1) is 10.2. The van der Waals surface area contributed by atoms with E-state index in [4.69, 9.17) is 11.6 Å². The van der Waals surface area contributed by atoms with E-state index in [1.807, 2.05) is 55.5 Å². The molecule has 0 amide bonds. The summed E-state index contributed by atoms with van der Waals surface area (Å²) in [6, 6.07) is 19.6. The van der Waals surface area contributed by atoms with Gasteiger partial charge in [0.2, 0.25) is 0 Å². The van der Waals surface area contributed by atoms with Crippen LogP contribution in [0.4, 0.5) is 11.5 Å². The number of rotatable bonds is 3. The molecule has 0 aliphatic heterocycles. The van der Waals surface area contributed by atoms with Crippen LogP contribution in [0.2, 0.25) is 5.15 Å². The van der Waals surface area contributed by atoms with Crippen molar-refractivity contribution in [3.05, 3.63) is 71.4 Å². The summed E-state index contributed by atoms with van der Waals surface area (Å²) in [7, 11) is 0. The third kappa shape index (κ3) is 3.38. The zero-order chi connectivity index (χ0) is 14.7. The van der Waals surface area contributed by atoms with Gasteiger partial charge in [-0.2, -0.15) is 0 Å². The Balaban J connectivity index is 1.95. The molecule has 2 aromatic carbocycles. The number of hydrogen-bond acceptors (Lipinski definition) is 3. The van der Waals surface area contributed by atoms with Gasteiger partial charge in [-0.25, -0.2) is 9.97 Å². The first kappa shape index (κ1) is 13.6. The SMILES string of the molecule is Cc1cccc(Nc2cc(Cl)nc(-c3ccccc3)n2)c1. The molecule has 0 saturated heterocycles. The second-order valence-electron chi connectivity index (χ2n) is 4.76. The van der Waals surface area contributed by atoms with Crippen LogP contribution in [-0.2, 0) is 0 Å². The Morgan fingerprint density at radius 1 is 0.905 bits per heavy atom. The van der Waals surface area contributed by atoms with Crippen LogP contribution >= 0.6 is 11.6 Å². The van der Waals surface area contributed by atoms with Crippen molar-refractivity contribution in [1.29, 1.82) is 0 Å². The zero-order valence-corrected chi connectivity index (χ0v) is 12.3. The number of benzene rings is 2. The summed E-state index contributed by atoms with van der Waals surface area (Å²) < 4.78 is 0. The van der Waals surface area contributed by atoms with Gasteiger partial charge in [0.05, 0.1) is 0 Å². The normalized spacial score (nSPS) is 10.4. The Bertz CT molecular complexity index is 757. The van der Waals surface area contributed by atoms with Gasteiger partial charge >= 0.3 is 0 Å². The molecular formula is C17H14ClN3. The summed E-state index contributed by atoms with van der Waals surface area (Å²) in [6.07, 6.45) is 0. The number of nitrogens with zero attached hydrogens (tertiary/aromatic N) is 2. The van der Waals surface area contributed by atoms with E-state index in [2.05, 4.69) is 21.4 Å². The van der Waals surface area contributed by atoms with E-state index in [0.717, 1.165) is 11.3 Å². The molecule has 3 nitrogen and oxygen atoms in total. The molecule has 0 radical (unpaired) electrons. The van der Waals surface area contributed by atoms with Crippen molar-refractivity contribution in [1.82, 2.24) is 9.97 Å². The van der Waals surface area contributed by atoms with Crippen LogP contribution in [0.15, 0.2) is 60.7 Å². The van der Waals surface area contributed by atoms with Crippen LogP contribution in [0.3, 0.4) is 0 Å². The van der Waals surface area contributed by atoms with E-state index in [9.17, 15) is 0 Å². The van der Waals surface area contributed by atoms with Crippen LogP contribution in [0, 0.1) is 6.92 Å². The number of nitrogens with one attached hydrogen (secondary N) is 1. The molecule has 1 heterocycles. The van der Waals surface area contributed by atoms with Crippen molar-refractivity contribution in [3.8, 4) is 11.4 Å². The molecule has 104 valence electrons. The standard InChI is InChI=1S/C17H14ClN3/c1-12-6-5-9-14(10-12)19-16-11-15(18)20-17(21-16)13-7-3-2-4-8-13/h2-11H,1H3,(H,19,20,21). The van der Waals surface area contributed by atoms with Gasteiger partial charge in [0.15, 0.2) is 5.82 Å². The highest BCUT2D eigenvalue weighted by Crippen LogP contribution is 2.22. The Labute approximate surface area is 128 Å². The van der Waals surface area contributed by atoms with E-state index >= 15 is 0 Å². The van der Waals surface area contributed by atoms with Gasteiger partial charge in [-0.05, 0) is 24.6 Å². The molecule has 3 aromatic rings. The van der Waals surface area contributed by atoms with E-state index in [1.54, 1.807) is 6.07 Å². The molecule has 0 aliphatic rings. The van der Waals surface area contributed by atoms with Gasteiger partial charge in [-0.3, -0.25) is 0 Å². The third-order valence-corrected chi connectivity index (χ3v) is 3.21. The van der Waals surface area contributed by atoms with Gasteiger partial charge in [0.25, 0.3) is 0 Å². The Hall–Kier alpha value is -2.39. The van der Waals surface area contributed by atoms with Crippen LogP contribution < -0.4 is 5.32 Å². The van der Waals surface area contributed by atoms with Gasteiger partial charge in [-0.15, -0.1) is 0 Å². The topological polar surface area (TPSA) is 37.8 Å². The lowest BCUT2D eigenvalue weighted by atomic mass is 10.2. The fourth-order valence-electron chi connectivity index (χ4n) is 2.07. The highest BCUT2D eigenvalue weighted by Gasteiger charge is 2.06. The number of hydrogen-bond donors (Lipinski definition) is 1. The largest absolute Gasteiger partial charge is 0.340 e. The Morgan fingerprint density at radius 3 is 2.48 bits per heavy atom. The van der Waals surface area contributed by atoms with Gasteiger partial charge < -0.3 is 5.32 Å². The van der Waals surface area contributed by atoms with E-state index in [1.165, 1.54) is 5.56 Å². The summed E-state index contributed by atoms with van der Waals surface area (Å²) in [5.74, 6) is 1.29. The molecule has 0 saturated carbocycles. The molecule has 0 aliphatic carbocycles.